The van der Waals surface area contributed by atoms with Crippen LogP contribution in [-0.4, -0.2) is 22.1 Å². The van der Waals surface area contributed by atoms with E-state index in [9.17, 15) is 4.39 Å². The maximum absolute atomic E-state index is 13.9. The summed E-state index contributed by atoms with van der Waals surface area (Å²) in [4.78, 5) is 12.8. The third-order valence-electron chi connectivity index (χ3n) is 4.20. The standard InChI is InChI=1S/C20H17FN4O2/c1-12-3-5-13(6-4-12)20-25-14(10-27-20)9-22-19-15-7-18(26-2)16(21)8-17(15)23-11-24-19/h3-8,10-11H,9H2,1-2H3,(H,22,23,24). The second-order valence-electron chi connectivity index (χ2n) is 6.09. The van der Waals surface area contributed by atoms with Crippen LogP contribution in [0.1, 0.15) is 11.3 Å². The minimum Gasteiger partial charge on any atom is -0.494 e. The molecule has 0 amide bonds. The molecule has 2 aromatic carbocycles. The normalized spacial score (nSPS) is 10.9. The van der Waals surface area contributed by atoms with Crippen LogP contribution in [0.5, 0.6) is 5.75 Å². The van der Waals surface area contributed by atoms with E-state index in [1.807, 2.05) is 31.2 Å². The van der Waals surface area contributed by atoms with Gasteiger partial charge in [-0.25, -0.2) is 19.3 Å². The zero-order valence-electron chi connectivity index (χ0n) is 14.9. The van der Waals surface area contributed by atoms with Crippen LogP contribution in [0.2, 0.25) is 0 Å². The molecule has 6 nitrogen and oxygen atoms in total. The van der Waals surface area contributed by atoms with Crippen LogP contribution < -0.4 is 10.1 Å². The van der Waals surface area contributed by atoms with Gasteiger partial charge in [0.15, 0.2) is 11.6 Å². The molecule has 0 aliphatic carbocycles. The van der Waals surface area contributed by atoms with Crippen molar-refractivity contribution >= 4 is 16.7 Å². The second kappa shape index (κ2) is 7.03. The van der Waals surface area contributed by atoms with Gasteiger partial charge in [-0.15, -0.1) is 0 Å². The fraction of sp³-hybridized carbons (Fsp3) is 0.150. The fourth-order valence-corrected chi connectivity index (χ4v) is 2.75. The molecule has 0 unspecified atom stereocenters. The molecule has 0 aliphatic rings. The average molecular weight is 364 g/mol. The molecule has 27 heavy (non-hydrogen) atoms. The van der Waals surface area contributed by atoms with Crippen molar-refractivity contribution < 1.29 is 13.5 Å². The molecule has 0 spiro atoms. The molecule has 4 aromatic rings. The number of anilines is 1. The number of hydrogen-bond acceptors (Lipinski definition) is 6. The van der Waals surface area contributed by atoms with Gasteiger partial charge >= 0.3 is 0 Å². The van der Waals surface area contributed by atoms with Crippen molar-refractivity contribution in [1.29, 1.82) is 0 Å². The summed E-state index contributed by atoms with van der Waals surface area (Å²) >= 11 is 0. The summed E-state index contributed by atoms with van der Waals surface area (Å²) in [6.45, 7) is 2.43. The number of nitrogens with zero attached hydrogens (tertiary/aromatic N) is 3. The average Bonchev–Trinajstić information content (AvgIpc) is 3.15. The fourth-order valence-electron chi connectivity index (χ4n) is 2.75. The first-order valence-electron chi connectivity index (χ1n) is 8.37. The summed E-state index contributed by atoms with van der Waals surface area (Å²) in [6, 6.07) is 10.9. The molecular formula is C20H17FN4O2. The number of fused-ring (bicyclic) bond motifs is 1. The molecule has 0 bridgehead atoms. The first-order valence-corrected chi connectivity index (χ1v) is 8.37. The third-order valence-corrected chi connectivity index (χ3v) is 4.20. The Labute approximate surface area is 155 Å². The maximum atomic E-state index is 13.9. The molecule has 2 heterocycles. The monoisotopic (exact) mass is 364 g/mol. The first-order chi connectivity index (χ1) is 13.1. The molecule has 0 aliphatic heterocycles. The molecule has 0 saturated heterocycles. The Hall–Kier alpha value is -3.48. The van der Waals surface area contributed by atoms with Crippen LogP contribution in [0.15, 0.2) is 53.4 Å². The van der Waals surface area contributed by atoms with Crippen LogP contribution in [-0.2, 0) is 6.54 Å². The van der Waals surface area contributed by atoms with Crippen molar-refractivity contribution in [3.63, 3.8) is 0 Å². The Morgan fingerprint density at radius 3 is 2.74 bits per heavy atom. The second-order valence-corrected chi connectivity index (χ2v) is 6.09. The number of ether oxygens (including phenoxy) is 1. The zero-order valence-corrected chi connectivity index (χ0v) is 14.9. The summed E-state index contributed by atoms with van der Waals surface area (Å²) in [5.74, 6) is 0.804. The van der Waals surface area contributed by atoms with E-state index in [-0.39, 0.29) is 5.75 Å². The lowest BCUT2D eigenvalue weighted by Gasteiger charge is -2.09. The summed E-state index contributed by atoms with van der Waals surface area (Å²) < 4.78 is 24.5. The van der Waals surface area contributed by atoms with Gasteiger partial charge in [0.25, 0.3) is 0 Å². The number of benzene rings is 2. The van der Waals surface area contributed by atoms with Crippen LogP contribution in [0.25, 0.3) is 22.4 Å². The summed E-state index contributed by atoms with van der Waals surface area (Å²) in [6.07, 6.45) is 2.99. The van der Waals surface area contributed by atoms with Gasteiger partial charge in [0.05, 0.1) is 24.9 Å². The molecule has 0 atom stereocenters. The largest absolute Gasteiger partial charge is 0.494 e. The molecule has 7 heteroatoms. The summed E-state index contributed by atoms with van der Waals surface area (Å²) in [5.41, 5.74) is 3.31. The van der Waals surface area contributed by atoms with Gasteiger partial charge in [0.2, 0.25) is 5.89 Å². The Morgan fingerprint density at radius 1 is 1.15 bits per heavy atom. The van der Waals surface area contributed by atoms with E-state index in [1.165, 1.54) is 25.1 Å². The van der Waals surface area contributed by atoms with E-state index < -0.39 is 5.82 Å². The molecule has 1 N–H and O–H groups in total. The molecule has 136 valence electrons. The molecule has 0 radical (unpaired) electrons. The van der Waals surface area contributed by atoms with Crippen LogP contribution in [0.3, 0.4) is 0 Å². The number of hydrogen-bond donors (Lipinski definition) is 1. The van der Waals surface area contributed by atoms with Crippen molar-refractivity contribution in [1.82, 2.24) is 15.0 Å². The molecule has 0 fully saturated rings. The Morgan fingerprint density at radius 2 is 1.96 bits per heavy atom. The predicted octanol–water partition coefficient (Wildman–Crippen LogP) is 4.35. The van der Waals surface area contributed by atoms with Crippen molar-refractivity contribution in [2.75, 3.05) is 12.4 Å². The highest BCUT2D eigenvalue weighted by Crippen LogP contribution is 2.27. The van der Waals surface area contributed by atoms with E-state index in [1.54, 1.807) is 12.3 Å². The number of halogens is 1. The Bertz CT molecular complexity index is 1090. The van der Waals surface area contributed by atoms with E-state index in [4.69, 9.17) is 9.15 Å². The first kappa shape index (κ1) is 17.0. The molecule has 4 rings (SSSR count). The van der Waals surface area contributed by atoms with Crippen molar-refractivity contribution in [2.45, 2.75) is 13.5 Å². The van der Waals surface area contributed by atoms with E-state index in [0.29, 0.717) is 29.2 Å². The lowest BCUT2D eigenvalue weighted by Crippen LogP contribution is -2.03. The van der Waals surface area contributed by atoms with Gasteiger partial charge in [-0.05, 0) is 25.1 Å². The quantitative estimate of drug-likeness (QED) is 0.567. The lowest BCUT2D eigenvalue weighted by molar-refractivity contribution is 0.387. The van der Waals surface area contributed by atoms with Gasteiger partial charge in [-0.2, -0.15) is 0 Å². The number of rotatable bonds is 5. The van der Waals surface area contributed by atoms with Crippen LogP contribution in [0.4, 0.5) is 10.2 Å². The van der Waals surface area contributed by atoms with Crippen molar-refractivity contribution in [3.8, 4) is 17.2 Å². The van der Waals surface area contributed by atoms with Crippen molar-refractivity contribution in [3.05, 3.63) is 66.1 Å². The molecular weight excluding hydrogens is 347 g/mol. The highest BCUT2D eigenvalue weighted by atomic mass is 19.1. The number of oxazole rings is 1. The van der Waals surface area contributed by atoms with E-state index in [2.05, 4.69) is 20.3 Å². The number of aromatic nitrogens is 3. The summed E-state index contributed by atoms with van der Waals surface area (Å²) in [7, 11) is 1.42. The van der Waals surface area contributed by atoms with Gasteiger partial charge in [-0.3, -0.25) is 0 Å². The van der Waals surface area contributed by atoms with Crippen LogP contribution >= 0.6 is 0 Å². The SMILES string of the molecule is COc1cc2c(NCc3coc(-c4ccc(C)cc4)n3)ncnc2cc1F. The minimum atomic E-state index is -0.464. The summed E-state index contributed by atoms with van der Waals surface area (Å²) in [5, 5.41) is 3.86. The van der Waals surface area contributed by atoms with Gasteiger partial charge in [-0.1, -0.05) is 17.7 Å². The molecule has 2 aromatic heterocycles. The highest BCUT2D eigenvalue weighted by molar-refractivity contribution is 5.90. The highest BCUT2D eigenvalue weighted by Gasteiger charge is 2.11. The molecule has 0 saturated carbocycles. The Kier molecular flexibility index (Phi) is 4.42. The predicted molar refractivity (Wildman–Crippen MR) is 100 cm³/mol. The third kappa shape index (κ3) is 3.44. The Balaban J connectivity index is 1.56. The number of methoxy groups -OCH3 is 1. The number of aryl methyl sites for hydroxylation is 1. The number of nitrogens with one attached hydrogen (secondary N) is 1. The van der Waals surface area contributed by atoms with E-state index in [0.717, 1.165) is 11.3 Å². The van der Waals surface area contributed by atoms with Gasteiger partial charge in [0, 0.05) is 17.0 Å². The zero-order chi connectivity index (χ0) is 18.8. The smallest absolute Gasteiger partial charge is 0.226 e. The minimum absolute atomic E-state index is 0.142. The van der Waals surface area contributed by atoms with Crippen molar-refractivity contribution in [2.24, 2.45) is 0 Å². The maximum Gasteiger partial charge on any atom is 0.226 e. The van der Waals surface area contributed by atoms with Crippen LogP contribution in [0, 0.1) is 12.7 Å². The van der Waals surface area contributed by atoms with Gasteiger partial charge < -0.3 is 14.5 Å². The topological polar surface area (TPSA) is 73.1 Å². The lowest BCUT2D eigenvalue weighted by atomic mass is 10.1. The van der Waals surface area contributed by atoms with Gasteiger partial charge in [0.1, 0.15) is 18.4 Å². The van der Waals surface area contributed by atoms with E-state index >= 15 is 0 Å².